The maximum Gasteiger partial charge on any atom is 0.254 e. The number of rotatable bonds is 10. The Kier molecular flexibility index (Phi) is 9.08. The lowest BCUT2D eigenvalue weighted by Crippen LogP contribution is -2.47. The summed E-state index contributed by atoms with van der Waals surface area (Å²) in [6.45, 7) is 1.38. The fourth-order valence-electron chi connectivity index (χ4n) is 4.61. The van der Waals surface area contributed by atoms with Crippen LogP contribution < -0.4 is 9.47 Å². The van der Waals surface area contributed by atoms with Crippen molar-refractivity contribution in [3.05, 3.63) is 80.5 Å². The number of amides is 2. The Morgan fingerprint density at radius 1 is 1.05 bits per heavy atom. The lowest BCUT2D eigenvalue weighted by molar-refractivity contribution is -0.134. The molecule has 0 radical (unpaired) electrons. The minimum Gasteiger partial charge on any atom is -0.497 e. The molecule has 0 unspecified atom stereocenters. The number of carbonyl (C=O) groups excluding carboxylic acids is 2. The van der Waals surface area contributed by atoms with E-state index >= 15 is 0 Å². The number of halogens is 1. The summed E-state index contributed by atoms with van der Waals surface area (Å²) in [6, 6.07) is 14.5. The van der Waals surface area contributed by atoms with Crippen molar-refractivity contribution in [2.45, 2.75) is 18.9 Å². The molecule has 2 amide bonds. The van der Waals surface area contributed by atoms with Crippen LogP contribution in [0, 0.1) is 0 Å². The molecule has 0 N–H and O–H groups in total. The molecule has 3 aromatic rings. The summed E-state index contributed by atoms with van der Waals surface area (Å²) in [6.07, 6.45) is 1.39. The maximum atomic E-state index is 13.8. The molecule has 0 saturated heterocycles. The second-order valence-corrected chi connectivity index (χ2v) is 10.2. The molecule has 0 fully saturated rings. The molecule has 1 aliphatic rings. The third-order valence-corrected chi connectivity index (χ3v) is 7.71. The number of benzene rings is 2. The zero-order valence-corrected chi connectivity index (χ0v) is 22.8. The maximum absolute atomic E-state index is 13.8. The van der Waals surface area contributed by atoms with E-state index in [9.17, 15) is 9.59 Å². The van der Waals surface area contributed by atoms with Crippen molar-refractivity contribution in [2.75, 3.05) is 47.6 Å². The summed E-state index contributed by atoms with van der Waals surface area (Å²) in [5.74, 6) is 0.639. The van der Waals surface area contributed by atoms with Crippen LogP contribution in [0.4, 0.5) is 0 Å². The van der Waals surface area contributed by atoms with Gasteiger partial charge in [-0.15, -0.1) is 11.3 Å². The van der Waals surface area contributed by atoms with E-state index in [0.717, 1.165) is 17.5 Å². The van der Waals surface area contributed by atoms with Crippen LogP contribution in [-0.2, 0) is 16.0 Å². The summed E-state index contributed by atoms with van der Waals surface area (Å²) in [5, 5.41) is 2.71. The highest BCUT2D eigenvalue weighted by atomic mass is 35.5. The molecule has 0 bridgehead atoms. The molecule has 4 rings (SSSR count). The minimum absolute atomic E-state index is 0.0500. The molecule has 2 aromatic carbocycles. The van der Waals surface area contributed by atoms with Crippen molar-refractivity contribution in [1.29, 1.82) is 0 Å². The number of fused-ring (bicyclic) bond motifs is 1. The van der Waals surface area contributed by atoms with Crippen LogP contribution in [0.2, 0.25) is 5.02 Å². The Hall–Kier alpha value is -3.07. The lowest BCUT2D eigenvalue weighted by Gasteiger charge is -2.37. The van der Waals surface area contributed by atoms with Gasteiger partial charge in [0.1, 0.15) is 18.0 Å². The Morgan fingerprint density at radius 2 is 1.76 bits per heavy atom. The van der Waals surface area contributed by atoms with E-state index in [1.165, 1.54) is 19.1 Å². The second kappa shape index (κ2) is 12.4. The molecule has 0 saturated carbocycles. The number of methoxy groups -OCH3 is 3. The standard InChI is InChI=1S/C28H31ClN2O5S/c1-34-13-4-11-30(28(33)20-15-22(35-2)17-23(16-20)36-3)18-26(32)31-12-9-25-24(10-14-37-25)27(31)19-5-7-21(29)8-6-19/h5-8,10,14-17,27H,4,9,11-13,18H2,1-3H3/t27-/m1/s1. The second-order valence-electron chi connectivity index (χ2n) is 8.76. The molecular formula is C28H31ClN2O5S. The molecule has 0 aliphatic carbocycles. The van der Waals surface area contributed by atoms with Crippen LogP contribution in [0.1, 0.15) is 38.8 Å². The van der Waals surface area contributed by atoms with E-state index in [0.29, 0.717) is 48.2 Å². The quantitative estimate of drug-likeness (QED) is 0.335. The predicted octanol–water partition coefficient (Wildman–Crippen LogP) is 5.07. The van der Waals surface area contributed by atoms with Crippen molar-refractivity contribution in [1.82, 2.24) is 9.80 Å². The molecule has 2 heterocycles. The first-order valence-corrected chi connectivity index (χ1v) is 13.3. The summed E-state index contributed by atoms with van der Waals surface area (Å²) in [7, 11) is 4.69. The fourth-order valence-corrected chi connectivity index (χ4v) is 5.64. The van der Waals surface area contributed by atoms with E-state index in [1.54, 1.807) is 41.5 Å². The van der Waals surface area contributed by atoms with Crippen LogP contribution in [0.5, 0.6) is 11.5 Å². The molecule has 0 spiro atoms. The average molecular weight is 543 g/mol. The summed E-state index contributed by atoms with van der Waals surface area (Å²) in [5.41, 5.74) is 2.52. The largest absolute Gasteiger partial charge is 0.497 e. The van der Waals surface area contributed by atoms with Crippen molar-refractivity contribution in [3.63, 3.8) is 0 Å². The van der Waals surface area contributed by atoms with Crippen LogP contribution in [0.3, 0.4) is 0 Å². The molecule has 1 atom stereocenters. The van der Waals surface area contributed by atoms with Gasteiger partial charge in [-0.2, -0.15) is 0 Å². The molecule has 7 nitrogen and oxygen atoms in total. The third kappa shape index (κ3) is 6.26. The lowest BCUT2D eigenvalue weighted by atomic mass is 9.93. The van der Waals surface area contributed by atoms with E-state index in [2.05, 4.69) is 11.4 Å². The number of ether oxygens (including phenoxy) is 3. The number of hydrogen-bond donors (Lipinski definition) is 0. The van der Waals surface area contributed by atoms with Crippen LogP contribution >= 0.6 is 22.9 Å². The van der Waals surface area contributed by atoms with Gasteiger partial charge < -0.3 is 24.0 Å². The van der Waals surface area contributed by atoms with Gasteiger partial charge in [0.15, 0.2) is 0 Å². The number of hydrogen-bond acceptors (Lipinski definition) is 6. The third-order valence-electron chi connectivity index (χ3n) is 6.46. The van der Waals surface area contributed by atoms with Gasteiger partial charge in [0.05, 0.1) is 20.3 Å². The fraction of sp³-hybridized carbons (Fsp3) is 0.357. The highest BCUT2D eigenvalue weighted by molar-refractivity contribution is 7.10. The highest BCUT2D eigenvalue weighted by Crippen LogP contribution is 2.38. The van der Waals surface area contributed by atoms with Crippen molar-refractivity contribution < 1.29 is 23.8 Å². The van der Waals surface area contributed by atoms with Crippen LogP contribution in [0.15, 0.2) is 53.9 Å². The van der Waals surface area contributed by atoms with E-state index < -0.39 is 0 Å². The zero-order valence-electron chi connectivity index (χ0n) is 21.2. The first-order chi connectivity index (χ1) is 17.9. The van der Waals surface area contributed by atoms with Crippen LogP contribution in [0.25, 0.3) is 0 Å². The number of carbonyl (C=O) groups is 2. The van der Waals surface area contributed by atoms with Gasteiger partial charge in [-0.1, -0.05) is 23.7 Å². The first-order valence-electron chi connectivity index (χ1n) is 12.1. The Labute approximate surface area is 226 Å². The average Bonchev–Trinajstić information content (AvgIpc) is 3.41. The normalized spacial score (nSPS) is 14.7. The van der Waals surface area contributed by atoms with Gasteiger partial charge in [0.25, 0.3) is 5.91 Å². The summed E-state index contributed by atoms with van der Waals surface area (Å²) < 4.78 is 15.9. The van der Waals surface area contributed by atoms with Gasteiger partial charge in [0.2, 0.25) is 5.91 Å². The molecule has 196 valence electrons. The topological polar surface area (TPSA) is 68.3 Å². The smallest absolute Gasteiger partial charge is 0.254 e. The Bertz CT molecular complexity index is 1210. The van der Waals surface area contributed by atoms with Gasteiger partial charge in [0, 0.05) is 48.3 Å². The van der Waals surface area contributed by atoms with Crippen molar-refractivity contribution >= 4 is 34.8 Å². The molecule has 9 heteroatoms. The van der Waals surface area contributed by atoms with E-state index in [4.69, 9.17) is 25.8 Å². The Balaban J connectivity index is 1.62. The molecule has 37 heavy (non-hydrogen) atoms. The van der Waals surface area contributed by atoms with Gasteiger partial charge in [-0.05, 0) is 59.7 Å². The molecule has 1 aliphatic heterocycles. The van der Waals surface area contributed by atoms with E-state index in [1.807, 2.05) is 29.2 Å². The Morgan fingerprint density at radius 3 is 2.41 bits per heavy atom. The predicted molar refractivity (Wildman–Crippen MR) is 145 cm³/mol. The number of thiophene rings is 1. The van der Waals surface area contributed by atoms with Crippen molar-refractivity contribution in [3.8, 4) is 11.5 Å². The molecular weight excluding hydrogens is 512 g/mol. The first kappa shape index (κ1) is 27.0. The minimum atomic E-state index is -0.266. The van der Waals surface area contributed by atoms with Gasteiger partial charge in [-0.25, -0.2) is 0 Å². The van der Waals surface area contributed by atoms with E-state index in [-0.39, 0.29) is 24.4 Å². The van der Waals surface area contributed by atoms with Crippen LogP contribution in [-0.4, -0.2) is 69.2 Å². The number of nitrogens with zero attached hydrogens (tertiary/aromatic N) is 2. The SMILES string of the molecule is COCCCN(CC(=O)N1CCc2sccc2[C@H]1c1ccc(Cl)cc1)C(=O)c1cc(OC)cc(OC)c1. The zero-order chi connectivity index (χ0) is 26.4. The summed E-state index contributed by atoms with van der Waals surface area (Å²) >= 11 is 7.85. The van der Waals surface area contributed by atoms with Crippen molar-refractivity contribution in [2.24, 2.45) is 0 Å². The highest BCUT2D eigenvalue weighted by Gasteiger charge is 2.34. The van der Waals surface area contributed by atoms with Gasteiger partial charge in [-0.3, -0.25) is 9.59 Å². The van der Waals surface area contributed by atoms with Gasteiger partial charge >= 0.3 is 0 Å². The molecule has 1 aromatic heterocycles. The summed E-state index contributed by atoms with van der Waals surface area (Å²) in [4.78, 5) is 32.2. The monoisotopic (exact) mass is 542 g/mol.